The number of hydrogen-bond acceptors (Lipinski definition) is 5. The van der Waals surface area contributed by atoms with E-state index in [2.05, 4.69) is 10.3 Å². The van der Waals surface area contributed by atoms with Crippen LogP contribution in [0.5, 0.6) is 0 Å². The Morgan fingerprint density at radius 3 is 2.91 bits per heavy atom. The van der Waals surface area contributed by atoms with Gasteiger partial charge in [0.05, 0.1) is 11.4 Å². The van der Waals surface area contributed by atoms with Crippen LogP contribution in [0, 0.1) is 6.92 Å². The van der Waals surface area contributed by atoms with Crippen molar-refractivity contribution in [3.05, 3.63) is 63.5 Å². The van der Waals surface area contributed by atoms with Gasteiger partial charge in [0.1, 0.15) is 5.69 Å². The van der Waals surface area contributed by atoms with Crippen molar-refractivity contribution in [1.82, 2.24) is 9.38 Å². The molecule has 3 rings (SSSR count). The normalized spacial score (nSPS) is 10.8. The maximum absolute atomic E-state index is 12.3. The molecule has 0 fully saturated rings. The summed E-state index contributed by atoms with van der Waals surface area (Å²) < 4.78 is 1.45. The molecule has 23 heavy (non-hydrogen) atoms. The molecule has 0 aliphatic rings. The number of benzene rings is 1. The van der Waals surface area contributed by atoms with Gasteiger partial charge in [0, 0.05) is 17.3 Å². The zero-order valence-electron chi connectivity index (χ0n) is 12.5. The molecule has 0 aliphatic heterocycles. The van der Waals surface area contributed by atoms with Crippen molar-refractivity contribution in [2.75, 3.05) is 11.1 Å². The molecule has 0 atom stereocenters. The summed E-state index contributed by atoms with van der Waals surface area (Å²) in [5.41, 5.74) is 1.73. The summed E-state index contributed by atoms with van der Waals surface area (Å²) in [5, 5.41) is 4.49. The van der Waals surface area contributed by atoms with Crippen LogP contribution in [0.25, 0.3) is 4.96 Å². The van der Waals surface area contributed by atoms with E-state index in [1.165, 1.54) is 33.1 Å². The fourth-order valence-corrected chi connectivity index (χ4v) is 3.68. The summed E-state index contributed by atoms with van der Waals surface area (Å²) in [6.07, 6.45) is 1.66. The maximum Gasteiger partial charge on any atom is 0.282 e. The number of carbonyl (C=O) groups excluding carboxylic acids is 1. The summed E-state index contributed by atoms with van der Waals surface area (Å²) in [6, 6.07) is 9.96. The number of nitrogens with one attached hydrogen (secondary N) is 1. The first-order valence-electron chi connectivity index (χ1n) is 7.03. The maximum atomic E-state index is 12.3. The van der Waals surface area contributed by atoms with E-state index >= 15 is 0 Å². The van der Waals surface area contributed by atoms with Crippen molar-refractivity contribution in [2.24, 2.45) is 0 Å². The minimum Gasteiger partial charge on any atom is -0.319 e. The molecule has 118 valence electrons. The Bertz CT molecular complexity index is 887. The highest BCUT2D eigenvalue weighted by Gasteiger charge is 2.13. The number of amides is 1. The quantitative estimate of drug-likeness (QED) is 0.772. The van der Waals surface area contributed by atoms with Gasteiger partial charge < -0.3 is 5.32 Å². The lowest BCUT2D eigenvalue weighted by atomic mass is 10.2. The van der Waals surface area contributed by atoms with Gasteiger partial charge in [-0.2, -0.15) is 0 Å². The first-order valence-corrected chi connectivity index (χ1v) is 9.06. The smallest absolute Gasteiger partial charge is 0.282 e. The van der Waals surface area contributed by atoms with Crippen molar-refractivity contribution in [1.29, 1.82) is 0 Å². The predicted octanol–water partition coefficient (Wildman–Crippen LogP) is 2.94. The van der Waals surface area contributed by atoms with Gasteiger partial charge in [-0.3, -0.25) is 14.0 Å². The van der Waals surface area contributed by atoms with E-state index in [4.69, 9.17) is 0 Å². The van der Waals surface area contributed by atoms with E-state index in [-0.39, 0.29) is 17.2 Å². The van der Waals surface area contributed by atoms with E-state index in [0.29, 0.717) is 16.4 Å². The Hall–Kier alpha value is -2.12. The van der Waals surface area contributed by atoms with Gasteiger partial charge in [-0.1, -0.05) is 30.3 Å². The first kappa shape index (κ1) is 15.8. The van der Waals surface area contributed by atoms with E-state index in [1.54, 1.807) is 18.5 Å². The highest BCUT2D eigenvalue weighted by molar-refractivity contribution is 7.99. The van der Waals surface area contributed by atoms with Crippen LogP contribution in [0.4, 0.5) is 5.69 Å². The number of aromatic nitrogens is 2. The fraction of sp³-hybridized carbons (Fsp3) is 0.188. The van der Waals surface area contributed by atoms with Crippen LogP contribution in [-0.4, -0.2) is 21.0 Å². The average molecular weight is 345 g/mol. The van der Waals surface area contributed by atoms with Crippen molar-refractivity contribution < 1.29 is 4.79 Å². The Labute approximate surface area is 141 Å². The Morgan fingerprint density at radius 1 is 1.35 bits per heavy atom. The zero-order valence-corrected chi connectivity index (χ0v) is 14.1. The van der Waals surface area contributed by atoms with Crippen LogP contribution in [0.3, 0.4) is 0 Å². The molecule has 3 aromatic rings. The molecule has 0 unspecified atom stereocenters. The number of carbonyl (C=O) groups is 1. The minimum atomic E-state index is -0.241. The predicted molar refractivity (Wildman–Crippen MR) is 95.3 cm³/mol. The third-order valence-electron chi connectivity index (χ3n) is 3.26. The molecule has 2 aromatic heterocycles. The molecule has 0 radical (unpaired) electrons. The van der Waals surface area contributed by atoms with Gasteiger partial charge in [-0.15, -0.1) is 23.1 Å². The average Bonchev–Trinajstić information content (AvgIpc) is 3.01. The SMILES string of the molecule is Cc1nc2sccn2c(=O)c1NC(=O)CSCc1ccccc1. The molecular formula is C16H15N3O2S2. The molecule has 1 N–H and O–H groups in total. The number of nitrogens with zero attached hydrogens (tertiary/aromatic N) is 2. The van der Waals surface area contributed by atoms with Gasteiger partial charge in [0.25, 0.3) is 5.56 Å². The molecule has 2 heterocycles. The van der Waals surface area contributed by atoms with Crippen LogP contribution >= 0.6 is 23.1 Å². The highest BCUT2D eigenvalue weighted by Crippen LogP contribution is 2.14. The Morgan fingerprint density at radius 2 is 2.13 bits per heavy atom. The number of thioether (sulfide) groups is 1. The fourth-order valence-electron chi connectivity index (χ4n) is 2.14. The zero-order chi connectivity index (χ0) is 16.2. The summed E-state index contributed by atoms with van der Waals surface area (Å²) in [7, 11) is 0. The third-order valence-corrected chi connectivity index (χ3v) is 5.02. The van der Waals surface area contributed by atoms with Gasteiger partial charge in [0.2, 0.25) is 5.91 Å². The number of aryl methyl sites for hydroxylation is 1. The topological polar surface area (TPSA) is 63.5 Å². The second-order valence-electron chi connectivity index (χ2n) is 4.96. The van der Waals surface area contributed by atoms with Crippen molar-refractivity contribution in [2.45, 2.75) is 12.7 Å². The molecule has 1 amide bonds. The molecular weight excluding hydrogens is 330 g/mol. The lowest BCUT2D eigenvalue weighted by Crippen LogP contribution is -2.25. The number of hydrogen-bond donors (Lipinski definition) is 1. The minimum absolute atomic E-state index is 0.192. The first-order chi connectivity index (χ1) is 11.1. The lowest BCUT2D eigenvalue weighted by molar-refractivity contribution is -0.113. The third kappa shape index (κ3) is 3.62. The number of rotatable bonds is 5. The molecule has 7 heteroatoms. The lowest BCUT2D eigenvalue weighted by Gasteiger charge is -2.07. The summed E-state index contributed by atoms with van der Waals surface area (Å²) in [5.74, 6) is 0.858. The summed E-state index contributed by atoms with van der Waals surface area (Å²) in [4.78, 5) is 29.4. The molecule has 0 bridgehead atoms. The van der Waals surface area contributed by atoms with E-state index in [0.717, 1.165) is 5.75 Å². The molecule has 0 saturated carbocycles. The molecule has 0 aliphatic carbocycles. The van der Waals surface area contributed by atoms with Crippen LogP contribution in [0.1, 0.15) is 11.3 Å². The number of thiazole rings is 1. The molecule has 0 saturated heterocycles. The van der Waals surface area contributed by atoms with Gasteiger partial charge in [-0.05, 0) is 12.5 Å². The number of fused-ring (bicyclic) bond motifs is 1. The van der Waals surface area contributed by atoms with Crippen LogP contribution in [0.2, 0.25) is 0 Å². The molecule has 1 aromatic carbocycles. The van der Waals surface area contributed by atoms with Crippen molar-refractivity contribution >= 4 is 39.7 Å². The van der Waals surface area contributed by atoms with Gasteiger partial charge in [0.15, 0.2) is 4.96 Å². The van der Waals surface area contributed by atoms with E-state index in [9.17, 15) is 9.59 Å². The van der Waals surface area contributed by atoms with Gasteiger partial charge in [-0.25, -0.2) is 4.98 Å². The summed E-state index contributed by atoms with van der Waals surface area (Å²) in [6.45, 7) is 1.73. The van der Waals surface area contributed by atoms with Crippen molar-refractivity contribution in [3.8, 4) is 0 Å². The molecule has 0 spiro atoms. The van der Waals surface area contributed by atoms with E-state index in [1.807, 2.05) is 30.3 Å². The van der Waals surface area contributed by atoms with E-state index < -0.39 is 0 Å². The van der Waals surface area contributed by atoms with Crippen LogP contribution in [0.15, 0.2) is 46.7 Å². The largest absolute Gasteiger partial charge is 0.319 e. The molecule has 5 nitrogen and oxygen atoms in total. The van der Waals surface area contributed by atoms with Crippen LogP contribution < -0.4 is 10.9 Å². The monoisotopic (exact) mass is 345 g/mol. The second-order valence-corrected chi connectivity index (χ2v) is 6.82. The van der Waals surface area contributed by atoms with Crippen LogP contribution in [-0.2, 0) is 10.5 Å². The highest BCUT2D eigenvalue weighted by atomic mass is 32.2. The number of anilines is 1. The second kappa shape index (κ2) is 6.97. The van der Waals surface area contributed by atoms with Crippen molar-refractivity contribution in [3.63, 3.8) is 0 Å². The Balaban J connectivity index is 1.65. The standard InChI is InChI=1S/C16H15N3O2S2/c1-11-14(15(21)19-7-8-23-16(19)17-11)18-13(20)10-22-9-12-5-3-2-4-6-12/h2-8H,9-10H2,1H3,(H,18,20). The van der Waals surface area contributed by atoms with Gasteiger partial charge >= 0.3 is 0 Å². The Kier molecular flexibility index (Phi) is 4.78. The summed E-state index contributed by atoms with van der Waals surface area (Å²) >= 11 is 2.90.